The molecule has 0 aliphatic carbocycles. The average Bonchev–Trinajstić information content (AvgIpc) is 2.95. The van der Waals surface area contributed by atoms with Gasteiger partial charge in [0.2, 0.25) is 5.88 Å². The summed E-state index contributed by atoms with van der Waals surface area (Å²) in [7, 11) is 1.66. The van der Waals surface area contributed by atoms with E-state index in [-0.39, 0.29) is 6.04 Å². The molecule has 0 radical (unpaired) electrons. The van der Waals surface area contributed by atoms with Gasteiger partial charge in [-0.15, -0.1) is 11.3 Å². The number of pyridine rings is 1. The summed E-state index contributed by atoms with van der Waals surface area (Å²) < 4.78 is 11.0. The summed E-state index contributed by atoms with van der Waals surface area (Å²) in [6.07, 6.45) is 1.75. The second-order valence-electron chi connectivity index (χ2n) is 5.02. The SMILES string of the molecule is COc1ncccc1CN1CCOC[C@@H]1c1csc(C)n1. The summed E-state index contributed by atoms with van der Waals surface area (Å²) in [6.45, 7) is 5.15. The van der Waals surface area contributed by atoms with Crippen LogP contribution in [0, 0.1) is 6.92 Å². The minimum Gasteiger partial charge on any atom is -0.481 e. The van der Waals surface area contributed by atoms with Crippen LogP contribution in [0.25, 0.3) is 0 Å². The Morgan fingerprint density at radius 2 is 2.43 bits per heavy atom. The second-order valence-corrected chi connectivity index (χ2v) is 6.09. The molecule has 21 heavy (non-hydrogen) atoms. The zero-order valence-corrected chi connectivity index (χ0v) is 13.1. The van der Waals surface area contributed by atoms with Crippen LogP contribution >= 0.6 is 11.3 Å². The Kier molecular flexibility index (Phi) is 4.48. The summed E-state index contributed by atoms with van der Waals surface area (Å²) in [6, 6.07) is 4.21. The van der Waals surface area contributed by atoms with Gasteiger partial charge in [-0.2, -0.15) is 0 Å². The maximum absolute atomic E-state index is 5.65. The highest BCUT2D eigenvalue weighted by Gasteiger charge is 2.27. The van der Waals surface area contributed by atoms with Gasteiger partial charge in [-0.1, -0.05) is 6.07 Å². The second kappa shape index (κ2) is 6.51. The van der Waals surface area contributed by atoms with Crippen LogP contribution in [0.2, 0.25) is 0 Å². The van der Waals surface area contributed by atoms with Crippen LogP contribution < -0.4 is 4.74 Å². The molecule has 1 saturated heterocycles. The summed E-state index contributed by atoms with van der Waals surface area (Å²) >= 11 is 1.68. The number of hydrogen-bond donors (Lipinski definition) is 0. The Labute approximate surface area is 128 Å². The van der Waals surface area contributed by atoms with Gasteiger partial charge in [0.25, 0.3) is 0 Å². The van der Waals surface area contributed by atoms with E-state index < -0.39 is 0 Å². The maximum atomic E-state index is 5.65. The molecule has 5 nitrogen and oxygen atoms in total. The number of ether oxygens (including phenoxy) is 2. The fourth-order valence-corrected chi connectivity index (χ4v) is 3.24. The largest absolute Gasteiger partial charge is 0.481 e. The molecule has 0 amide bonds. The summed E-state index contributed by atoms with van der Waals surface area (Å²) in [5.74, 6) is 0.692. The van der Waals surface area contributed by atoms with Crippen molar-refractivity contribution < 1.29 is 9.47 Å². The zero-order chi connectivity index (χ0) is 14.7. The molecule has 0 aromatic carbocycles. The lowest BCUT2D eigenvalue weighted by molar-refractivity contribution is -0.0144. The molecule has 3 heterocycles. The van der Waals surface area contributed by atoms with Crippen LogP contribution in [0.4, 0.5) is 0 Å². The number of aromatic nitrogens is 2. The van der Waals surface area contributed by atoms with Crippen LogP contribution in [0.5, 0.6) is 5.88 Å². The lowest BCUT2D eigenvalue weighted by Crippen LogP contribution is -2.39. The van der Waals surface area contributed by atoms with E-state index >= 15 is 0 Å². The van der Waals surface area contributed by atoms with Crippen molar-refractivity contribution in [3.63, 3.8) is 0 Å². The molecule has 0 bridgehead atoms. The van der Waals surface area contributed by atoms with E-state index in [4.69, 9.17) is 9.47 Å². The van der Waals surface area contributed by atoms with Gasteiger partial charge in [-0.05, 0) is 13.0 Å². The van der Waals surface area contributed by atoms with E-state index in [1.165, 1.54) is 0 Å². The number of thiazole rings is 1. The number of aryl methyl sites for hydroxylation is 1. The van der Waals surface area contributed by atoms with E-state index in [1.54, 1.807) is 24.6 Å². The Morgan fingerprint density at radius 3 is 3.19 bits per heavy atom. The van der Waals surface area contributed by atoms with Crippen LogP contribution in [0.15, 0.2) is 23.7 Å². The van der Waals surface area contributed by atoms with Gasteiger partial charge in [0.1, 0.15) is 0 Å². The van der Waals surface area contributed by atoms with Gasteiger partial charge >= 0.3 is 0 Å². The van der Waals surface area contributed by atoms with Gasteiger partial charge in [-0.3, -0.25) is 4.90 Å². The van der Waals surface area contributed by atoms with Gasteiger partial charge in [-0.25, -0.2) is 9.97 Å². The highest BCUT2D eigenvalue weighted by molar-refractivity contribution is 7.09. The molecule has 0 spiro atoms. The van der Waals surface area contributed by atoms with Gasteiger partial charge in [0, 0.05) is 30.2 Å². The van der Waals surface area contributed by atoms with E-state index in [0.29, 0.717) is 12.5 Å². The molecule has 1 aliphatic rings. The van der Waals surface area contributed by atoms with Crippen molar-refractivity contribution in [2.24, 2.45) is 0 Å². The van der Waals surface area contributed by atoms with E-state index in [9.17, 15) is 0 Å². The Bertz CT molecular complexity index is 602. The van der Waals surface area contributed by atoms with Crippen molar-refractivity contribution in [2.75, 3.05) is 26.9 Å². The highest BCUT2D eigenvalue weighted by atomic mass is 32.1. The Balaban J connectivity index is 1.81. The minimum absolute atomic E-state index is 0.202. The number of nitrogens with zero attached hydrogens (tertiary/aromatic N) is 3. The first kappa shape index (κ1) is 14.4. The molecule has 1 aliphatic heterocycles. The predicted octanol–water partition coefficient (Wildman–Crippen LogP) is 2.43. The third kappa shape index (κ3) is 3.23. The van der Waals surface area contributed by atoms with Crippen molar-refractivity contribution >= 4 is 11.3 Å². The number of morpholine rings is 1. The van der Waals surface area contributed by atoms with Gasteiger partial charge in [0.15, 0.2) is 0 Å². The molecular weight excluding hydrogens is 286 g/mol. The molecule has 2 aromatic rings. The van der Waals surface area contributed by atoms with Crippen LogP contribution in [-0.4, -0.2) is 41.7 Å². The maximum Gasteiger partial charge on any atom is 0.217 e. The molecule has 0 unspecified atom stereocenters. The zero-order valence-electron chi connectivity index (χ0n) is 12.3. The summed E-state index contributed by atoms with van der Waals surface area (Å²) in [5.41, 5.74) is 2.19. The van der Waals surface area contributed by atoms with Crippen molar-refractivity contribution in [3.8, 4) is 5.88 Å². The number of rotatable bonds is 4. The van der Waals surface area contributed by atoms with Crippen LogP contribution in [0.1, 0.15) is 22.3 Å². The monoisotopic (exact) mass is 305 g/mol. The number of hydrogen-bond acceptors (Lipinski definition) is 6. The molecule has 112 valence electrons. The fraction of sp³-hybridized carbons (Fsp3) is 0.467. The van der Waals surface area contributed by atoms with Crippen LogP contribution in [-0.2, 0) is 11.3 Å². The van der Waals surface area contributed by atoms with Crippen molar-refractivity contribution in [3.05, 3.63) is 40.0 Å². The Hall–Kier alpha value is -1.50. The molecule has 3 rings (SSSR count). The Morgan fingerprint density at radius 1 is 1.52 bits per heavy atom. The minimum atomic E-state index is 0.202. The molecule has 6 heteroatoms. The summed E-state index contributed by atoms with van der Waals surface area (Å²) in [4.78, 5) is 11.3. The first-order chi connectivity index (χ1) is 10.3. The average molecular weight is 305 g/mol. The van der Waals surface area contributed by atoms with Gasteiger partial charge < -0.3 is 9.47 Å². The third-order valence-corrected chi connectivity index (χ3v) is 4.43. The van der Waals surface area contributed by atoms with Crippen LogP contribution in [0.3, 0.4) is 0 Å². The lowest BCUT2D eigenvalue weighted by atomic mass is 10.1. The van der Waals surface area contributed by atoms with Crippen molar-refractivity contribution in [1.29, 1.82) is 0 Å². The number of methoxy groups -OCH3 is 1. The molecule has 0 N–H and O–H groups in total. The van der Waals surface area contributed by atoms with Crippen molar-refractivity contribution in [1.82, 2.24) is 14.9 Å². The smallest absolute Gasteiger partial charge is 0.217 e. The lowest BCUT2D eigenvalue weighted by Gasteiger charge is -2.34. The summed E-state index contributed by atoms with van der Waals surface area (Å²) in [5, 5.41) is 3.22. The highest BCUT2D eigenvalue weighted by Crippen LogP contribution is 2.28. The first-order valence-electron chi connectivity index (χ1n) is 6.99. The fourth-order valence-electron chi connectivity index (χ4n) is 2.58. The third-order valence-electron chi connectivity index (χ3n) is 3.63. The van der Waals surface area contributed by atoms with E-state index in [0.717, 1.165) is 36.0 Å². The van der Waals surface area contributed by atoms with Crippen molar-refractivity contribution in [2.45, 2.75) is 19.5 Å². The molecule has 1 atom stereocenters. The van der Waals surface area contributed by atoms with E-state index in [2.05, 4.69) is 26.3 Å². The molecule has 0 saturated carbocycles. The quantitative estimate of drug-likeness (QED) is 0.868. The topological polar surface area (TPSA) is 47.5 Å². The first-order valence-corrected chi connectivity index (χ1v) is 7.87. The standard InChI is InChI=1S/C15H19N3O2S/c1-11-17-13(10-21-11)14-9-20-7-6-18(14)8-12-4-3-5-16-15(12)19-2/h3-5,10,14H,6-9H2,1-2H3/t14-/m1/s1. The molecule has 1 fully saturated rings. The molecular formula is C15H19N3O2S. The normalized spacial score (nSPS) is 19.6. The predicted molar refractivity (Wildman–Crippen MR) is 81.6 cm³/mol. The van der Waals surface area contributed by atoms with E-state index in [1.807, 2.05) is 13.0 Å². The van der Waals surface area contributed by atoms with Gasteiger partial charge in [0.05, 0.1) is 37.1 Å². The molecule has 2 aromatic heterocycles.